The zero-order valence-corrected chi connectivity index (χ0v) is 6.05. The lowest BCUT2D eigenvalue weighted by molar-refractivity contribution is -0.138. The largest absolute Gasteiger partial charge is 0.481 e. The summed E-state index contributed by atoms with van der Waals surface area (Å²) in [6, 6.07) is 0. The minimum absolute atomic E-state index is 0.0637. The molecule has 2 N–H and O–H groups in total. The van der Waals surface area contributed by atoms with Crippen LogP contribution in [0.25, 0.3) is 0 Å². The molecule has 4 heteroatoms. The van der Waals surface area contributed by atoms with E-state index in [4.69, 9.17) is 5.11 Å². The maximum Gasteiger partial charge on any atom is 0.305 e. The summed E-state index contributed by atoms with van der Waals surface area (Å²) in [5, 5.41) is 10.7. The van der Waals surface area contributed by atoms with Crippen molar-refractivity contribution in [2.24, 2.45) is 0 Å². The lowest BCUT2D eigenvalue weighted by Crippen LogP contribution is -2.40. The van der Waals surface area contributed by atoms with Crippen LogP contribution in [0, 0.1) is 0 Å². The van der Waals surface area contributed by atoms with Gasteiger partial charge in [0.1, 0.15) is 0 Å². The van der Waals surface area contributed by atoms with E-state index in [9.17, 15) is 9.59 Å². The van der Waals surface area contributed by atoms with Gasteiger partial charge in [-0.15, -0.1) is 0 Å². The predicted octanol–water partition coefficient (Wildman–Crippen LogP) is -0.0143. The minimum atomic E-state index is -0.917. The van der Waals surface area contributed by atoms with Crippen LogP contribution in [-0.4, -0.2) is 23.0 Å². The SMILES string of the molecule is CC(C)(CC(=O)O)NC=O. The van der Waals surface area contributed by atoms with Crippen molar-refractivity contribution in [2.45, 2.75) is 25.8 Å². The van der Waals surface area contributed by atoms with Gasteiger partial charge in [-0.25, -0.2) is 0 Å². The molecule has 0 aromatic heterocycles. The maximum absolute atomic E-state index is 10.1. The highest BCUT2D eigenvalue weighted by atomic mass is 16.4. The number of carboxylic acids is 1. The van der Waals surface area contributed by atoms with Gasteiger partial charge in [0.15, 0.2) is 0 Å². The summed E-state index contributed by atoms with van der Waals surface area (Å²) < 4.78 is 0. The molecule has 0 saturated carbocycles. The van der Waals surface area contributed by atoms with E-state index in [2.05, 4.69) is 5.32 Å². The van der Waals surface area contributed by atoms with Crippen molar-refractivity contribution in [3.8, 4) is 0 Å². The number of carbonyl (C=O) groups is 2. The Bertz CT molecular complexity index is 142. The van der Waals surface area contributed by atoms with E-state index in [1.54, 1.807) is 13.8 Å². The summed E-state index contributed by atoms with van der Waals surface area (Å²) in [4.78, 5) is 20.0. The van der Waals surface area contributed by atoms with Crippen LogP contribution in [0.5, 0.6) is 0 Å². The Morgan fingerprint density at radius 1 is 1.70 bits per heavy atom. The number of carboxylic acid groups (broad SMARTS) is 1. The van der Waals surface area contributed by atoms with Crippen molar-refractivity contribution in [3.05, 3.63) is 0 Å². The van der Waals surface area contributed by atoms with Gasteiger partial charge in [-0.2, -0.15) is 0 Å². The molecule has 0 heterocycles. The first-order valence-corrected chi connectivity index (χ1v) is 2.91. The zero-order chi connectivity index (χ0) is 8.20. The second-order valence-electron chi connectivity index (χ2n) is 2.72. The van der Waals surface area contributed by atoms with Gasteiger partial charge in [-0.1, -0.05) is 0 Å². The second kappa shape index (κ2) is 3.20. The molecule has 0 aliphatic rings. The Hall–Kier alpha value is -1.06. The number of hydrogen-bond acceptors (Lipinski definition) is 2. The Morgan fingerprint density at radius 3 is 2.50 bits per heavy atom. The van der Waals surface area contributed by atoms with Crippen molar-refractivity contribution >= 4 is 12.4 Å². The number of aliphatic carboxylic acids is 1. The highest BCUT2D eigenvalue weighted by molar-refractivity contribution is 5.69. The fraction of sp³-hybridized carbons (Fsp3) is 0.667. The molecule has 4 nitrogen and oxygen atoms in total. The van der Waals surface area contributed by atoms with E-state index in [0.717, 1.165) is 0 Å². The van der Waals surface area contributed by atoms with Crippen molar-refractivity contribution in [3.63, 3.8) is 0 Å². The second-order valence-corrected chi connectivity index (χ2v) is 2.72. The molecule has 0 saturated heterocycles. The van der Waals surface area contributed by atoms with E-state index in [0.29, 0.717) is 6.41 Å². The number of amides is 1. The average Bonchev–Trinajstić information content (AvgIpc) is 1.59. The molecule has 0 aromatic rings. The average molecular weight is 145 g/mol. The van der Waals surface area contributed by atoms with E-state index in [-0.39, 0.29) is 6.42 Å². The molecule has 1 amide bonds. The molecular formula is C6H11NO3. The molecule has 0 aliphatic carbocycles. The zero-order valence-electron chi connectivity index (χ0n) is 6.05. The summed E-state index contributed by atoms with van der Waals surface area (Å²) in [5.41, 5.74) is -0.645. The lowest BCUT2D eigenvalue weighted by Gasteiger charge is -2.20. The van der Waals surface area contributed by atoms with E-state index < -0.39 is 11.5 Å². The highest BCUT2D eigenvalue weighted by Gasteiger charge is 2.19. The topological polar surface area (TPSA) is 66.4 Å². The first-order chi connectivity index (χ1) is 4.48. The van der Waals surface area contributed by atoms with Gasteiger partial charge < -0.3 is 10.4 Å². The third-order valence-electron chi connectivity index (χ3n) is 1.04. The van der Waals surface area contributed by atoms with Gasteiger partial charge in [0.2, 0.25) is 6.41 Å². The van der Waals surface area contributed by atoms with Gasteiger partial charge in [-0.3, -0.25) is 9.59 Å². The lowest BCUT2D eigenvalue weighted by atomic mass is 10.0. The van der Waals surface area contributed by atoms with Crippen LogP contribution in [0.1, 0.15) is 20.3 Å². The molecule has 0 spiro atoms. The Morgan fingerprint density at radius 2 is 2.20 bits per heavy atom. The molecule has 58 valence electrons. The van der Waals surface area contributed by atoms with Crippen LogP contribution in [0.2, 0.25) is 0 Å². The van der Waals surface area contributed by atoms with E-state index in [1.807, 2.05) is 0 Å². The molecule has 0 atom stereocenters. The fourth-order valence-electron chi connectivity index (χ4n) is 0.589. The molecule has 0 aliphatic heterocycles. The van der Waals surface area contributed by atoms with Crippen LogP contribution < -0.4 is 5.32 Å². The molecule has 0 fully saturated rings. The fourth-order valence-corrected chi connectivity index (χ4v) is 0.589. The quantitative estimate of drug-likeness (QED) is 0.546. The van der Waals surface area contributed by atoms with Gasteiger partial charge >= 0.3 is 5.97 Å². The summed E-state index contributed by atoms with van der Waals surface area (Å²) in [6.45, 7) is 3.30. The van der Waals surface area contributed by atoms with Crippen molar-refractivity contribution in [2.75, 3.05) is 0 Å². The molecule has 0 aromatic carbocycles. The third-order valence-corrected chi connectivity index (χ3v) is 1.04. The smallest absolute Gasteiger partial charge is 0.305 e. The summed E-state index contributed by atoms with van der Waals surface area (Å²) in [7, 11) is 0. The first kappa shape index (κ1) is 8.94. The van der Waals surface area contributed by atoms with Gasteiger partial charge in [0.25, 0.3) is 0 Å². The van der Waals surface area contributed by atoms with Crippen LogP contribution in [-0.2, 0) is 9.59 Å². The maximum atomic E-state index is 10.1. The third kappa shape index (κ3) is 3.88. The van der Waals surface area contributed by atoms with Crippen LogP contribution >= 0.6 is 0 Å². The van der Waals surface area contributed by atoms with Crippen LogP contribution in [0.4, 0.5) is 0 Å². The van der Waals surface area contributed by atoms with E-state index >= 15 is 0 Å². The molecular weight excluding hydrogens is 134 g/mol. The number of hydrogen-bond donors (Lipinski definition) is 2. The predicted molar refractivity (Wildman–Crippen MR) is 35.5 cm³/mol. The number of nitrogens with one attached hydrogen (secondary N) is 1. The summed E-state index contributed by atoms with van der Waals surface area (Å²) in [6.07, 6.45) is 0.439. The molecule has 0 bridgehead atoms. The van der Waals surface area contributed by atoms with Crippen molar-refractivity contribution in [1.29, 1.82) is 0 Å². The Kier molecular flexibility index (Phi) is 2.86. The van der Waals surface area contributed by atoms with Crippen LogP contribution in [0.3, 0.4) is 0 Å². The van der Waals surface area contributed by atoms with Gasteiger partial charge in [0.05, 0.1) is 6.42 Å². The Balaban J connectivity index is 3.85. The molecule has 10 heavy (non-hydrogen) atoms. The molecule has 0 unspecified atom stereocenters. The Labute approximate surface area is 59.2 Å². The molecule has 0 rings (SSSR count). The summed E-state index contributed by atoms with van der Waals surface area (Å²) >= 11 is 0. The number of carbonyl (C=O) groups excluding carboxylic acids is 1. The van der Waals surface area contributed by atoms with E-state index in [1.165, 1.54) is 0 Å². The monoisotopic (exact) mass is 145 g/mol. The highest BCUT2D eigenvalue weighted by Crippen LogP contribution is 2.05. The normalized spacial score (nSPS) is 10.6. The van der Waals surface area contributed by atoms with Crippen molar-refractivity contribution < 1.29 is 14.7 Å². The number of rotatable bonds is 4. The standard InChI is InChI=1S/C6H11NO3/c1-6(2,7-4-8)3-5(9)10/h4H,3H2,1-2H3,(H,7,8)(H,9,10). The van der Waals surface area contributed by atoms with Gasteiger partial charge in [0, 0.05) is 5.54 Å². The van der Waals surface area contributed by atoms with Gasteiger partial charge in [-0.05, 0) is 13.8 Å². The first-order valence-electron chi connectivity index (χ1n) is 2.91. The van der Waals surface area contributed by atoms with Crippen LogP contribution in [0.15, 0.2) is 0 Å². The minimum Gasteiger partial charge on any atom is -0.481 e. The molecule has 0 radical (unpaired) electrons. The van der Waals surface area contributed by atoms with Crippen molar-refractivity contribution in [1.82, 2.24) is 5.32 Å². The summed E-state index contributed by atoms with van der Waals surface area (Å²) in [5.74, 6) is -0.917.